The number of nitrogens with zero attached hydrogens (tertiary/aromatic N) is 1. The molecule has 2 amide bonds. The molecule has 1 aliphatic rings. The molecule has 102 valence electrons. The van der Waals surface area contributed by atoms with E-state index in [1.807, 2.05) is 0 Å². The number of hydrogen-bond donors (Lipinski definition) is 2. The van der Waals surface area contributed by atoms with Crippen molar-refractivity contribution in [1.82, 2.24) is 15.5 Å². The van der Waals surface area contributed by atoms with Gasteiger partial charge in [-0.05, 0) is 19.9 Å². The monoisotopic (exact) mass is 257 g/mol. The molecule has 1 unspecified atom stereocenters. The fourth-order valence-corrected chi connectivity index (χ4v) is 1.94. The van der Waals surface area contributed by atoms with E-state index in [-0.39, 0.29) is 24.9 Å². The number of likely N-dealkylation sites (tertiary alicyclic amines) is 1. The third-order valence-electron chi connectivity index (χ3n) is 2.84. The van der Waals surface area contributed by atoms with Crippen LogP contribution in [0.1, 0.15) is 12.8 Å². The van der Waals surface area contributed by atoms with Crippen LogP contribution in [0.3, 0.4) is 0 Å². The van der Waals surface area contributed by atoms with Crippen LogP contribution in [0, 0.1) is 0 Å². The summed E-state index contributed by atoms with van der Waals surface area (Å²) in [6.45, 7) is 0.623. The molecule has 7 nitrogen and oxygen atoms in total. The smallest absolute Gasteiger partial charge is 0.325 e. The molecule has 0 aromatic heterocycles. The predicted octanol–water partition coefficient (Wildman–Crippen LogP) is -1.51. The summed E-state index contributed by atoms with van der Waals surface area (Å²) in [5.74, 6) is -0.912. The second kappa shape index (κ2) is 6.95. The Morgan fingerprint density at radius 2 is 2.06 bits per heavy atom. The fraction of sp³-hybridized carbons (Fsp3) is 0.727. The average Bonchev–Trinajstić information content (AvgIpc) is 2.85. The van der Waals surface area contributed by atoms with Crippen molar-refractivity contribution in [3.8, 4) is 0 Å². The van der Waals surface area contributed by atoms with E-state index in [4.69, 9.17) is 0 Å². The zero-order valence-corrected chi connectivity index (χ0v) is 10.7. The molecule has 0 spiro atoms. The van der Waals surface area contributed by atoms with E-state index in [0.717, 1.165) is 6.42 Å². The van der Waals surface area contributed by atoms with Crippen molar-refractivity contribution in [1.29, 1.82) is 0 Å². The van der Waals surface area contributed by atoms with Gasteiger partial charge in [0.05, 0.1) is 13.7 Å². The van der Waals surface area contributed by atoms with E-state index in [1.165, 1.54) is 7.11 Å². The Labute approximate surface area is 106 Å². The third kappa shape index (κ3) is 3.69. The number of likely N-dealkylation sites (N-methyl/N-ethyl adjacent to an activating group) is 1. The molecule has 1 rings (SSSR count). The van der Waals surface area contributed by atoms with Crippen LogP contribution < -0.4 is 10.6 Å². The molecule has 0 aromatic rings. The maximum Gasteiger partial charge on any atom is 0.325 e. The van der Waals surface area contributed by atoms with Gasteiger partial charge in [0, 0.05) is 6.54 Å². The van der Waals surface area contributed by atoms with Crippen LogP contribution in [0.4, 0.5) is 0 Å². The minimum absolute atomic E-state index is 0.104. The first-order valence-corrected chi connectivity index (χ1v) is 5.88. The summed E-state index contributed by atoms with van der Waals surface area (Å²) in [5, 5.41) is 5.24. The molecule has 18 heavy (non-hydrogen) atoms. The highest BCUT2D eigenvalue weighted by Crippen LogP contribution is 2.17. The topological polar surface area (TPSA) is 87.7 Å². The molecule has 1 atom stereocenters. The Morgan fingerprint density at radius 3 is 2.67 bits per heavy atom. The Kier molecular flexibility index (Phi) is 5.57. The normalized spacial score (nSPS) is 18.6. The quantitative estimate of drug-likeness (QED) is 0.584. The molecule has 0 aliphatic carbocycles. The van der Waals surface area contributed by atoms with E-state index in [0.29, 0.717) is 13.0 Å². The van der Waals surface area contributed by atoms with Gasteiger partial charge in [-0.1, -0.05) is 0 Å². The number of methoxy groups -OCH3 is 1. The summed E-state index contributed by atoms with van der Waals surface area (Å²) in [5.41, 5.74) is 0. The number of ether oxygens (including phenoxy) is 1. The van der Waals surface area contributed by atoms with Crippen LogP contribution in [0.25, 0.3) is 0 Å². The lowest BCUT2D eigenvalue weighted by molar-refractivity contribution is -0.142. The SMILES string of the molecule is CNCC(=O)N1CCCC1C(=O)NCC(=O)OC. The largest absolute Gasteiger partial charge is 0.468 e. The highest BCUT2D eigenvalue weighted by molar-refractivity contribution is 5.90. The maximum absolute atomic E-state index is 11.9. The first-order valence-electron chi connectivity index (χ1n) is 5.88. The first kappa shape index (κ1) is 14.4. The van der Waals surface area contributed by atoms with E-state index < -0.39 is 12.0 Å². The van der Waals surface area contributed by atoms with E-state index in [9.17, 15) is 14.4 Å². The van der Waals surface area contributed by atoms with Crippen LogP contribution in [0.15, 0.2) is 0 Å². The summed E-state index contributed by atoms with van der Waals surface area (Å²) < 4.78 is 4.43. The second-order valence-electron chi connectivity index (χ2n) is 4.07. The molecule has 0 radical (unpaired) electrons. The summed E-state index contributed by atoms with van der Waals surface area (Å²) >= 11 is 0. The fourth-order valence-electron chi connectivity index (χ4n) is 1.94. The number of amides is 2. The molecular formula is C11H19N3O4. The summed E-state index contributed by atoms with van der Waals surface area (Å²) in [6, 6.07) is -0.476. The molecule has 0 bridgehead atoms. The van der Waals surface area contributed by atoms with E-state index in [2.05, 4.69) is 15.4 Å². The van der Waals surface area contributed by atoms with E-state index >= 15 is 0 Å². The summed E-state index contributed by atoms with van der Waals surface area (Å²) in [6.07, 6.45) is 1.42. The van der Waals surface area contributed by atoms with Crippen LogP contribution >= 0.6 is 0 Å². The van der Waals surface area contributed by atoms with Crippen molar-refractivity contribution in [2.75, 3.05) is 33.8 Å². The molecule has 1 heterocycles. The molecule has 7 heteroatoms. The van der Waals surface area contributed by atoms with Gasteiger partial charge in [-0.15, -0.1) is 0 Å². The van der Waals surface area contributed by atoms with Gasteiger partial charge in [0.2, 0.25) is 11.8 Å². The van der Waals surface area contributed by atoms with Crippen LogP contribution in [-0.4, -0.2) is 62.5 Å². The number of esters is 1. The second-order valence-corrected chi connectivity index (χ2v) is 4.07. The van der Waals surface area contributed by atoms with Crippen LogP contribution in [0.2, 0.25) is 0 Å². The highest BCUT2D eigenvalue weighted by atomic mass is 16.5. The zero-order chi connectivity index (χ0) is 13.5. The minimum Gasteiger partial charge on any atom is -0.468 e. The lowest BCUT2D eigenvalue weighted by Gasteiger charge is -2.23. The number of carbonyl (C=O) groups excluding carboxylic acids is 3. The molecule has 0 aromatic carbocycles. The maximum atomic E-state index is 11.9. The van der Waals surface area contributed by atoms with Crippen LogP contribution in [-0.2, 0) is 19.1 Å². The Hall–Kier alpha value is -1.63. The highest BCUT2D eigenvalue weighted by Gasteiger charge is 2.33. The standard InChI is InChI=1S/C11H19N3O4/c1-12-6-9(15)14-5-3-4-8(14)11(17)13-7-10(16)18-2/h8,12H,3-7H2,1-2H3,(H,13,17). The summed E-state index contributed by atoms with van der Waals surface area (Å²) in [7, 11) is 2.94. The first-order chi connectivity index (χ1) is 8.60. The van der Waals surface area contributed by atoms with E-state index in [1.54, 1.807) is 11.9 Å². The average molecular weight is 257 g/mol. The van der Waals surface area contributed by atoms with Crippen molar-refractivity contribution >= 4 is 17.8 Å². The summed E-state index contributed by atoms with van der Waals surface area (Å²) in [4.78, 5) is 36.1. The lowest BCUT2D eigenvalue weighted by Crippen LogP contribution is -2.49. The van der Waals surface area contributed by atoms with Gasteiger partial charge in [-0.2, -0.15) is 0 Å². The van der Waals surface area contributed by atoms with Gasteiger partial charge >= 0.3 is 5.97 Å². The third-order valence-corrected chi connectivity index (χ3v) is 2.84. The number of nitrogens with one attached hydrogen (secondary N) is 2. The molecular weight excluding hydrogens is 238 g/mol. The number of rotatable bonds is 5. The molecule has 2 N–H and O–H groups in total. The lowest BCUT2D eigenvalue weighted by atomic mass is 10.2. The van der Waals surface area contributed by atoms with Crippen molar-refractivity contribution < 1.29 is 19.1 Å². The van der Waals surface area contributed by atoms with Gasteiger partial charge in [0.25, 0.3) is 0 Å². The molecule has 1 fully saturated rings. The van der Waals surface area contributed by atoms with Crippen molar-refractivity contribution in [3.63, 3.8) is 0 Å². The van der Waals surface area contributed by atoms with Gasteiger partial charge in [-0.25, -0.2) is 0 Å². The Bertz CT molecular complexity index is 332. The Morgan fingerprint density at radius 1 is 1.33 bits per heavy atom. The number of hydrogen-bond acceptors (Lipinski definition) is 5. The number of carbonyl (C=O) groups is 3. The Balaban J connectivity index is 2.50. The van der Waals surface area contributed by atoms with Crippen LogP contribution in [0.5, 0.6) is 0 Å². The minimum atomic E-state index is -0.505. The van der Waals surface area contributed by atoms with Gasteiger partial charge in [0.1, 0.15) is 12.6 Å². The van der Waals surface area contributed by atoms with Gasteiger partial charge in [0.15, 0.2) is 0 Å². The molecule has 1 aliphatic heterocycles. The molecule has 1 saturated heterocycles. The zero-order valence-electron chi connectivity index (χ0n) is 10.7. The van der Waals surface area contributed by atoms with Crippen molar-refractivity contribution in [2.24, 2.45) is 0 Å². The molecule has 0 saturated carbocycles. The van der Waals surface area contributed by atoms with Gasteiger partial charge in [-0.3, -0.25) is 14.4 Å². The van der Waals surface area contributed by atoms with Crippen molar-refractivity contribution in [2.45, 2.75) is 18.9 Å². The van der Waals surface area contributed by atoms with Crippen molar-refractivity contribution in [3.05, 3.63) is 0 Å². The predicted molar refractivity (Wildman–Crippen MR) is 63.7 cm³/mol. The van der Waals surface area contributed by atoms with Gasteiger partial charge < -0.3 is 20.3 Å².